The van der Waals surface area contributed by atoms with Crippen LogP contribution in [0.1, 0.15) is 18.5 Å². The molecule has 6 rings (SSSR count). The van der Waals surface area contributed by atoms with E-state index in [9.17, 15) is 0 Å². The van der Waals surface area contributed by atoms with Gasteiger partial charge in [-0.3, -0.25) is 4.98 Å². The summed E-state index contributed by atoms with van der Waals surface area (Å²) in [6.45, 7) is 1.90. The molecule has 0 aliphatic heterocycles. The first-order valence-electron chi connectivity index (χ1n) is 11.1. The van der Waals surface area contributed by atoms with Crippen molar-refractivity contribution in [3.63, 3.8) is 0 Å². The number of aryl methyl sites for hydroxylation is 2. The number of aromatic nitrogens is 5. The van der Waals surface area contributed by atoms with Crippen LogP contribution in [0.2, 0.25) is 0 Å². The second-order valence-corrected chi connectivity index (χ2v) is 8.53. The number of pyridine rings is 2. The van der Waals surface area contributed by atoms with E-state index >= 15 is 0 Å². The lowest BCUT2D eigenvalue weighted by atomic mass is 9.92. The first-order valence-corrected chi connectivity index (χ1v) is 11.1. The molecule has 0 radical (unpaired) electrons. The Morgan fingerprint density at radius 3 is 2.33 bits per heavy atom. The molecule has 7 nitrogen and oxygen atoms in total. The van der Waals surface area contributed by atoms with Crippen molar-refractivity contribution in [3.8, 4) is 22.9 Å². The molecule has 33 heavy (non-hydrogen) atoms. The van der Waals surface area contributed by atoms with Crippen LogP contribution in [0.15, 0.2) is 67.1 Å². The maximum absolute atomic E-state index is 6.02. The molecule has 0 atom stereocenters. The van der Waals surface area contributed by atoms with Gasteiger partial charge in [-0.25, -0.2) is 4.98 Å². The fraction of sp³-hybridized carbons (Fsp3) is 0.231. The topological polar surface area (TPSA) is 75.0 Å². The smallest absolute Gasteiger partial charge is 0.233 e. The van der Waals surface area contributed by atoms with Crippen molar-refractivity contribution in [2.24, 2.45) is 7.05 Å². The summed E-state index contributed by atoms with van der Waals surface area (Å²) in [6.07, 6.45) is 7.46. The summed E-state index contributed by atoms with van der Waals surface area (Å²) in [5.41, 5.74) is 5.41. The highest BCUT2D eigenvalue weighted by atomic mass is 16.5. The first kappa shape index (κ1) is 19.7. The highest BCUT2D eigenvalue weighted by molar-refractivity contribution is 6.08. The molecule has 0 amide bonds. The normalized spacial score (nSPS) is 17.8. The third-order valence-electron chi connectivity index (χ3n) is 6.28. The molecule has 1 aromatic carbocycles. The minimum absolute atomic E-state index is 0.104. The molecule has 0 N–H and O–H groups in total. The Morgan fingerprint density at radius 2 is 1.58 bits per heavy atom. The number of benzene rings is 1. The van der Waals surface area contributed by atoms with Gasteiger partial charge in [0.2, 0.25) is 11.8 Å². The number of hydrogen-bond donors (Lipinski definition) is 0. The SMILES string of the molecule is Cc1ccc(OC2CC(Oc3ccc(-c4ccc5c6cnccc6n(C)c5c4)cn3)C2)nn1. The van der Waals surface area contributed by atoms with Crippen molar-refractivity contribution in [3.05, 3.63) is 72.8 Å². The monoisotopic (exact) mass is 437 g/mol. The lowest BCUT2D eigenvalue weighted by Crippen LogP contribution is -2.41. The lowest BCUT2D eigenvalue weighted by Gasteiger charge is -2.34. The second kappa shape index (κ2) is 7.85. The Kier molecular flexibility index (Phi) is 4.68. The minimum atomic E-state index is 0.104. The van der Waals surface area contributed by atoms with Crippen LogP contribution in [0.4, 0.5) is 0 Å². The summed E-state index contributed by atoms with van der Waals surface area (Å²) < 4.78 is 14.1. The maximum atomic E-state index is 6.02. The van der Waals surface area contributed by atoms with Gasteiger partial charge in [-0.1, -0.05) is 12.1 Å². The minimum Gasteiger partial charge on any atom is -0.474 e. The molecule has 1 aliphatic carbocycles. The van der Waals surface area contributed by atoms with Crippen LogP contribution in [0.3, 0.4) is 0 Å². The Labute approximate surface area is 191 Å². The number of hydrogen-bond acceptors (Lipinski definition) is 6. The molecule has 164 valence electrons. The van der Waals surface area contributed by atoms with Crippen molar-refractivity contribution in [1.82, 2.24) is 24.7 Å². The number of nitrogens with zero attached hydrogens (tertiary/aromatic N) is 5. The Morgan fingerprint density at radius 1 is 0.788 bits per heavy atom. The number of rotatable bonds is 5. The van der Waals surface area contributed by atoms with E-state index in [0.29, 0.717) is 11.8 Å². The number of ether oxygens (including phenoxy) is 2. The largest absolute Gasteiger partial charge is 0.474 e. The van der Waals surface area contributed by atoms with E-state index in [1.54, 1.807) is 0 Å². The van der Waals surface area contributed by atoms with Crippen LogP contribution in [-0.2, 0) is 7.05 Å². The van der Waals surface area contributed by atoms with Crippen molar-refractivity contribution in [2.75, 3.05) is 0 Å². The summed E-state index contributed by atoms with van der Waals surface area (Å²) in [5.74, 6) is 1.19. The fourth-order valence-corrected chi connectivity index (χ4v) is 4.36. The standard InChI is InChI=1S/C26H23N5O2/c1-16-3-7-26(30-29-16)33-20-12-19(13-20)32-25-8-5-18(14-28-25)17-4-6-21-22-15-27-10-9-23(22)31(2)24(21)11-17/h3-11,14-15,19-20H,12-13H2,1-2H3. The third-order valence-corrected chi connectivity index (χ3v) is 6.28. The quantitative estimate of drug-likeness (QED) is 0.390. The van der Waals surface area contributed by atoms with E-state index in [-0.39, 0.29) is 12.2 Å². The number of fused-ring (bicyclic) bond motifs is 3. The van der Waals surface area contributed by atoms with Gasteiger partial charge in [0, 0.05) is 72.5 Å². The molecule has 4 heterocycles. The molecular weight excluding hydrogens is 414 g/mol. The molecule has 1 aliphatic rings. The molecule has 1 fully saturated rings. The fourth-order valence-electron chi connectivity index (χ4n) is 4.36. The van der Waals surface area contributed by atoms with Crippen LogP contribution in [0, 0.1) is 6.92 Å². The Balaban J connectivity index is 1.13. The third kappa shape index (κ3) is 3.65. The van der Waals surface area contributed by atoms with E-state index in [1.807, 2.05) is 49.8 Å². The van der Waals surface area contributed by atoms with Crippen LogP contribution in [-0.4, -0.2) is 36.9 Å². The van der Waals surface area contributed by atoms with Crippen molar-refractivity contribution in [2.45, 2.75) is 32.0 Å². The van der Waals surface area contributed by atoms with Gasteiger partial charge in [0.1, 0.15) is 12.2 Å². The van der Waals surface area contributed by atoms with Gasteiger partial charge in [-0.15, -0.1) is 5.10 Å². The highest BCUT2D eigenvalue weighted by Gasteiger charge is 2.33. The molecule has 4 aromatic heterocycles. The average Bonchev–Trinajstić information content (AvgIpc) is 3.11. The average molecular weight is 438 g/mol. The predicted molar refractivity (Wildman–Crippen MR) is 126 cm³/mol. The van der Waals surface area contributed by atoms with Gasteiger partial charge >= 0.3 is 0 Å². The van der Waals surface area contributed by atoms with E-state index in [2.05, 4.69) is 56.0 Å². The van der Waals surface area contributed by atoms with Gasteiger partial charge in [0.25, 0.3) is 0 Å². The lowest BCUT2D eigenvalue weighted by molar-refractivity contribution is -0.000466. The Hall–Kier alpha value is -4.00. The van der Waals surface area contributed by atoms with Crippen LogP contribution in [0.5, 0.6) is 11.8 Å². The van der Waals surface area contributed by atoms with Crippen LogP contribution < -0.4 is 9.47 Å². The summed E-state index contributed by atoms with van der Waals surface area (Å²) >= 11 is 0. The molecular formula is C26H23N5O2. The van der Waals surface area contributed by atoms with Gasteiger partial charge in [0.05, 0.1) is 11.2 Å². The van der Waals surface area contributed by atoms with Crippen molar-refractivity contribution < 1.29 is 9.47 Å². The zero-order valence-corrected chi connectivity index (χ0v) is 18.5. The van der Waals surface area contributed by atoms with Crippen molar-refractivity contribution >= 4 is 21.8 Å². The molecule has 5 aromatic rings. The Bertz CT molecular complexity index is 1440. The maximum Gasteiger partial charge on any atom is 0.233 e. The van der Waals surface area contributed by atoms with Crippen LogP contribution >= 0.6 is 0 Å². The molecule has 1 saturated carbocycles. The summed E-state index contributed by atoms with van der Waals surface area (Å²) in [4.78, 5) is 8.82. The zero-order valence-electron chi connectivity index (χ0n) is 18.5. The van der Waals surface area contributed by atoms with Gasteiger partial charge < -0.3 is 14.0 Å². The van der Waals surface area contributed by atoms with Crippen LogP contribution in [0.25, 0.3) is 32.9 Å². The predicted octanol–water partition coefficient (Wildman–Crippen LogP) is 4.88. The van der Waals surface area contributed by atoms with Gasteiger partial charge in [-0.05, 0) is 36.8 Å². The molecule has 0 saturated heterocycles. The molecule has 0 unspecified atom stereocenters. The summed E-state index contributed by atoms with van der Waals surface area (Å²) in [6, 6.07) is 16.3. The van der Waals surface area contributed by atoms with E-state index < -0.39 is 0 Å². The van der Waals surface area contributed by atoms with E-state index in [0.717, 1.165) is 29.7 Å². The highest BCUT2D eigenvalue weighted by Crippen LogP contribution is 2.32. The molecule has 0 bridgehead atoms. The van der Waals surface area contributed by atoms with Gasteiger partial charge in [-0.2, -0.15) is 5.10 Å². The first-order chi connectivity index (χ1) is 16.1. The summed E-state index contributed by atoms with van der Waals surface area (Å²) in [5, 5.41) is 10.4. The zero-order chi connectivity index (χ0) is 22.4. The van der Waals surface area contributed by atoms with Gasteiger partial charge in [0.15, 0.2) is 0 Å². The van der Waals surface area contributed by atoms with E-state index in [4.69, 9.17) is 9.47 Å². The molecule has 0 spiro atoms. The molecule has 7 heteroatoms. The van der Waals surface area contributed by atoms with Crippen molar-refractivity contribution in [1.29, 1.82) is 0 Å². The second-order valence-electron chi connectivity index (χ2n) is 8.53. The van der Waals surface area contributed by atoms with E-state index in [1.165, 1.54) is 21.8 Å². The summed E-state index contributed by atoms with van der Waals surface area (Å²) in [7, 11) is 2.09.